The van der Waals surface area contributed by atoms with Gasteiger partial charge in [0.25, 0.3) is 0 Å². The predicted molar refractivity (Wildman–Crippen MR) is 148 cm³/mol. The number of likely N-dealkylation sites (tertiary alicyclic amines) is 1. The van der Waals surface area contributed by atoms with Crippen LogP contribution >= 0.6 is 0 Å². The number of aromatic amines is 1. The maximum Gasteiger partial charge on any atom is 0.248 e. The normalized spacial score (nSPS) is 18.2. The fourth-order valence-corrected chi connectivity index (χ4v) is 5.28. The number of halogens is 2. The van der Waals surface area contributed by atoms with Crippen molar-refractivity contribution in [1.82, 2.24) is 34.8 Å². The Labute approximate surface area is 221 Å². The zero-order chi connectivity index (χ0) is 26.7. The lowest BCUT2D eigenvalue weighted by Crippen LogP contribution is -2.40. The van der Waals surface area contributed by atoms with Gasteiger partial charge in [0, 0.05) is 54.5 Å². The lowest BCUT2D eigenvalue weighted by Gasteiger charge is -2.34. The van der Waals surface area contributed by atoms with Crippen LogP contribution in [0.15, 0.2) is 43.5 Å². The molecule has 38 heavy (non-hydrogen) atoms. The first-order valence-electron chi connectivity index (χ1n) is 13.2. The van der Waals surface area contributed by atoms with Gasteiger partial charge in [-0.1, -0.05) is 12.7 Å². The van der Waals surface area contributed by atoms with Crippen LogP contribution in [0.4, 0.5) is 14.7 Å². The highest BCUT2D eigenvalue weighted by Crippen LogP contribution is 2.41. The van der Waals surface area contributed by atoms with Gasteiger partial charge in [-0.15, -0.1) is 0 Å². The van der Waals surface area contributed by atoms with Crippen molar-refractivity contribution in [1.29, 1.82) is 0 Å². The fraction of sp³-hybridized carbons (Fsp3) is 0.464. The maximum absolute atomic E-state index is 12.1. The van der Waals surface area contributed by atoms with E-state index in [1.165, 1.54) is 25.9 Å². The third-order valence-electron chi connectivity index (χ3n) is 7.57. The van der Waals surface area contributed by atoms with E-state index in [2.05, 4.69) is 61.3 Å². The van der Waals surface area contributed by atoms with Crippen LogP contribution in [0.5, 0.6) is 0 Å². The van der Waals surface area contributed by atoms with Gasteiger partial charge in [-0.25, -0.2) is 18.3 Å². The van der Waals surface area contributed by atoms with Crippen LogP contribution in [-0.2, 0) is 0 Å². The Morgan fingerprint density at radius 3 is 2.68 bits per heavy atom. The van der Waals surface area contributed by atoms with E-state index < -0.39 is 5.92 Å². The van der Waals surface area contributed by atoms with Crippen LogP contribution < -0.4 is 10.6 Å². The average Bonchev–Trinajstić information content (AvgIpc) is 3.51. The lowest BCUT2D eigenvalue weighted by atomic mass is 9.81. The molecule has 0 atom stereocenters. The fourth-order valence-electron chi connectivity index (χ4n) is 5.28. The van der Waals surface area contributed by atoms with E-state index in [0.717, 1.165) is 46.3 Å². The number of fused-ring (bicyclic) bond motifs is 2. The molecule has 2 aliphatic rings. The zero-order valence-electron chi connectivity index (χ0n) is 22.1. The monoisotopic (exact) mass is 522 g/mol. The van der Waals surface area contributed by atoms with Crippen molar-refractivity contribution in [2.24, 2.45) is 11.8 Å². The minimum Gasteiger partial charge on any atom is -0.354 e. The van der Waals surface area contributed by atoms with Gasteiger partial charge in [0.05, 0.1) is 11.7 Å². The van der Waals surface area contributed by atoms with Crippen LogP contribution in [0.1, 0.15) is 31.2 Å². The molecule has 5 heterocycles. The minimum absolute atomic E-state index is 0.0772. The molecule has 10 heteroatoms. The maximum atomic E-state index is 12.1. The van der Waals surface area contributed by atoms with Crippen molar-refractivity contribution in [2.45, 2.75) is 31.6 Å². The molecule has 0 amide bonds. The molecule has 3 N–H and O–H groups in total. The standard InChI is InChI=1S/C22H25N7.C6H11F2N/c1-3-16-12-26-29-9-6-17(10-20(16)29)18-13-23-21-19(18)14-25-22(27-21)24-11-15-4-7-28(2)8-5-15;1-9-4-5-2-6(7,8)3-5/h3,6,9-10,12-15H,1,4-5,7-8,11H2,2H3,(H2,23,24,25,27);5,9H,2-4H2,1H3. The molecule has 2 fully saturated rings. The SMILES string of the molecule is C=Cc1cnn2ccc(-c3c[nH]c4nc(NCC5CCN(C)CC5)ncc34)cc12.CNCC1CC(F)(F)C1. The third-order valence-corrected chi connectivity index (χ3v) is 7.57. The number of hydrogen-bond acceptors (Lipinski definition) is 6. The van der Waals surface area contributed by atoms with Crippen LogP contribution in [0.2, 0.25) is 0 Å². The summed E-state index contributed by atoms with van der Waals surface area (Å²) < 4.78 is 26.0. The number of rotatable bonds is 7. The van der Waals surface area contributed by atoms with Gasteiger partial charge in [-0.2, -0.15) is 10.1 Å². The molecular formula is C28H36F2N8. The molecule has 0 radical (unpaired) electrons. The molecule has 1 saturated heterocycles. The summed E-state index contributed by atoms with van der Waals surface area (Å²) in [6, 6.07) is 4.18. The van der Waals surface area contributed by atoms with Crippen LogP contribution in [0, 0.1) is 11.8 Å². The highest BCUT2D eigenvalue weighted by Gasteiger charge is 2.44. The van der Waals surface area contributed by atoms with E-state index in [9.17, 15) is 8.78 Å². The predicted octanol–water partition coefficient (Wildman–Crippen LogP) is 4.92. The number of hydrogen-bond donors (Lipinski definition) is 3. The number of alkyl halides is 2. The van der Waals surface area contributed by atoms with Crippen molar-refractivity contribution in [3.05, 3.63) is 49.1 Å². The lowest BCUT2D eigenvalue weighted by molar-refractivity contribution is -0.108. The van der Waals surface area contributed by atoms with Gasteiger partial charge >= 0.3 is 0 Å². The Morgan fingerprint density at radius 2 is 1.97 bits per heavy atom. The second-order valence-corrected chi connectivity index (χ2v) is 10.5. The van der Waals surface area contributed by atoms with E-state index in [1.807, 2.05) is 35.4 Å². The molecule has 1 saturated carbocycles. The highest BCUT2D eigenvalue weighted by molar-refractivity contribution is 5.94. The summed E-state index contributed by atoms with van der Waals surface area (Å²) >= 11 is 0. The summed E-state index contributed by atoms with van der Waals surface area (Å²) in [6.07, 6.45) is 12.1. The van der Waals surface area contributed by atoms with Gasteiger partial charge in [-0.3, -0.25) is 0 Å². The highest BCUT2D eigenvalue weighted by atomic mass is 19.3. The zero-order valence-corrected chi connectivity index (χ0v) is 22.1. The Hall–Kier alpha value is -3.37. The summed E-state index contributed by atoms with van der Waals surface area (Å²) in [5.41, 5.74) is 5.08. The van der Waals surface area contributed by atoms with Crippen LogP contribution in [-0.4, -0.2) is 75.7 Å². The molecule has 1 aliphatic carbocycles. The summed E-state index contributed by atoms with van der Waals surface area (Å²) in [6.45, 7) is 7.86. The largest absolute Gasteiger partial charge is 0.354 e. The van der Waals surface area contributed by atoms with Gasteiger partial charge in [0.1, 0.15) is 5.65 Å². The Balaban J connectivity index is 0.000000278. The van der Waals surface area contributed by atoms with Crippen LogP contribution in [0.25, 0.3) is 33.8 Å². The minimum atomic E-state index is -2.35. The van der Waals surface area contributed by atoms with Crippen LogP contribution in [0.3, 0.4) is 0 Å². The Kier molecular flexibility index (Phi) is 7.71. The van der Waals surface area contributed by atoms with Gasteiger partial charge in [0.15, 0.2) is 0 Å². The number of anilines is 1. The number of H-pyrrole nitrogens is 1. The number of pyridine rings is 1. The smallest absolute Gasteiger partial charge is 0.248 e. The van der Waals surface area contributed by atoms with E-state index in [1.54, 1.807) is 7.05 Å². The second-order valence-electron chi connectivity index (χ2n) is 10.5. The van der Waals surface area contributed by atoms with Crippen molar-refractivity contribution >= 4 is 28.6 Å². The number of nitrogens with zero attached hydrogens (tertiary/aromatic N) is 5. The van der Waals surface area contributed by atoms with Gasteiger partial charge in [0.2, 0.25) is 11.9 Å². The average molecular weight is 523 g/mol. The molecule has 8 nitrogen and oxygen atoms in total. The molecular weight excluding hydrogens is 486 g/mol. The van der Waals surface area contributed by atoms with Crippen molar-refractivity contribution < 1.29 is 8.78 Å². The molecule has 1 aliphatic heterocycles. The molecule has 4 aromatic heterocycles. The molecule has 0 unspecified atom stereocenters. The van der Waals surface area contributed by atoms with Crippen molar-refractivity contribution in [2.75, 3.05) is 45.6 Å². The first-order chi connectivity index (χ1) is 18.3. The summed E-state index contributed by atoms with van der Waals surface area (Å²) in [4.78, 5) is 14.9. The summed E-state index contributed by atoms with van der Waals surface area (Å²) in [5.74, 6) is -0.761. The molecule has 4 aromatic rings. The molecule has 0 aromatic carbocycles. The van der Waals surface area contributed by atoms with E-state index in [0.29, 0.717) is 11.9 Å². The summed E-state index contributed by atoms with van der Waals surface area (Å²) in [7, 11) is 3.98. The molecule has 202 valence electrons. The van der Waals surface area contributed by atoms with Crippen molar-refractivity contribution in [3.8, 4) is 11.1 Å². The van der Waals surface area contributed by atoms with Crippen molar-refractivity contribution in [3.63, 3.8) is 0 Å². The van der Waals surface area contributed by atoms with E-state index in [4.69, 9.17) is 0 Å². The topological polar surface area (TPSA) is 86.2 Å². The van der Waals surface area contributed by atoms with Gasteiger partial charge in [-0.05, 0) is 76.1 Å². The van der Waals surface area contributed by atoms with E-state index >= 15 is 0 Å². The summed E-state index contributed by atoms with van der Waals surface area (Å²) in [5, 5.41) is 11.7. The first kappa shape index (κ1) is 26.2. The third kappa shape index (κ3) is 5.86. The first-order valence-corrected chi connectivity index (χ1v) is 13.2. The second kappa shape index (κ2) is 11.2. The molecule has 0 spiro atoms. The number of nitrogens with one attached hydrogen (secondary N) is 3. The van der Waals surface area contributed by atoms with E-state index in [-0.39, 0.29) is 18.8 Å². The Bertz CT molecular complexity index is 1380. The molecule has 0 bridgehead atoms. The quantitative estimate of drug-likeness (QED) is 0.320. The Morgan fingerprint density at radius 1 is 1.18 bits per heavy atom. The number of piperidine rings is 1. The van der Waals surface area contributed by atoms with Gasteiger partial charge < -0.3 is 20.5 Å². The number of aromatic nitrogens is 5. The molecule has 6 rings (SSSR count).